The third kappa shape index (κ3) is 3.29. The van der Waals surface area contributed by atoms with Gasteiger partial charge < -0.3 is 15.2 Å². The molecule has 0 aromatic heterocycles. The van der Waals surface area contributed by atoms with E-state index < -0.39 is 6.04 Å². The standard InChI is InChI=1S/C15H15BrFNO2/c1-20-10-6-7-12(16)11(8-10)15(9-19)18-14-5-3-2-4-13(14)17/h2-8,15,18-19H,9H2,1H3. The molecule has 0 bridgehead atoms. The largest absolute Gasteiger partial charge is 0.497 e. The molecule has 0 saturated carbocycles. The summed E-state index contributed by atoms with van der Waals surface area (Å²) in [7, 11) is 1.57. The quantitative estimate of drug-likeness (QED) is 0.871. The molecule has 0 aliphatic heterocycles. The molecule has 2 rings (SSSR count). The van der Waals surface area contributed by atoms with Gasteiger partial charge in [0.1, 0.15) is 11.6 Å². The Morgan fingerprint density at radius 2 is 2.05 bits per heavy atom. The van der Waals surface area contributed by atoms with E-state index in [9.17, 15) is 9.50 Å². The lowest BCUT2D eigenvalue weighted by atomic mass is 10.1. The number of benzene rings is 2. The predicted octanol–water partition coefficient (Wildman–Crippen LogP) is 3.74. The van der Waals surface area contributed by atoms with E-state index in [0.717, 1.165) is 10.0 Å². The van der Waals surface area contributed by atoms with Crippen LogP contribution in [0.4, 0.5) is 10.1 Å². The monoisotopic (exact) mass is 339 g/mol. The number of rotatable bonds is 5. The molecule has 20 heavy (non-hydrogen) atoms. The first-order chi connectivity index (χ1) is 9.65. The summed E-state index contributed by atoms with van der Waals surface area (Å²) in [6.07, 6.45) is 0. The summed E-state index contributed by atoms with van der Waals surface area (Å²) in [5, 5.41) is 12.6. The fourth-order valence-corrected chi connectivity index (χ4v) is 2.43. The summed E-state index contributed by atoms with van der Waals surface area (Å²) in [5.41, 5.74) is 1.15. The summed E-state index contributed by atoms with van der Waals surface area (Å²) >= 11 is 3.43. The van der Waals surface area contributed by atoms with Crippen LogP contribution in [0.3, 0.4) is 0 Å². The topological polar surface area (TPSA) is 41.5 Å². The zero-order valence-electron chi connectivity index (χ0n) is 10.9. The number of aliphatic hydroxyl groups is 1. The van der Waals surface area contributed by atoms with Crippen LogP contribution in [0.5, 0.6) is 5.75 Å². The maximum absolute atomic E-state index is 13.7. The minimum atomic E-state index is -0.434. The molecule has 0 fully saturated rings. The van der Waals surface area contributed by atoms with Gasteiger partial charge in [0.2, 0.25) is 0 Å². The number of hydrogen-bond acceptors (Lipinski definition) is 3. The van der Waals surface area contributed by atoms with E-state index in [1.807, 2.05) is 12.1 Å². The number of halogens is 2. The fraction of sp³-hybridized carbons (Fsp3) is 0.200. The summed E-state index contributed by atoms with van der Waals surface area (Å²) in [6.45, 7) is -0.167. The molecule has 1 unspecified atom stereocenters. The van der Waals surface area contributed by atoms with Gasteiger partial charge in [0, 0.05) is 4.47 Å². The third-order valence-electron chi connectivity index (χ3n) is 2.96. The number of para-hydroxylation sites is 1. The van der Waals surface area contributed by atoms with Crippen LogP contribution in [-0.4, -0.2) is 18.8 Å². The number of methoxy groups -OCH3 is 1. The first-order valence-corrected chi connectivity index (χ1v) is 6.90. The van der Waals surface area contributed by atoms with E-state index in [1.54, 1.807) is 31.4 Å². The van der Waals surface area contributed by atoms with Crippen molar-refractivity contribution in [1.82, 2.24) is 0 Å². The van der Waals surface area contributed by atoms with Gasteiger partial charge in [-0.1, -0.05) is 28.1 Å². The van der Waals surface area contributed by atoms with E-state index in [2.05, 4.69) is 21.2 Å². The second-order valence-electron chi connectivity index (χ2n) is 4.25. The molecule has 1 atom stereocenters. The second-order valence-corrected chi connectivity index (χ2v) is 5.10. The van der Waals surface area contributed by atoms with Gasteiger partial charge in [-0.2, -0.15) is 0 Å². The van der Waals surface area contributed by atoms with Crippen molar-refractivity contribution in [2.45, 2.75) is 6.04 Å². The fourth-order valence-electron chi connectivity index (χ4n) is 1.90. The van der Waals surface area contributed by atoms with E-state index in [-0.39, 0.29) is 12.4 Å². The highest BCUT2D eigenvalue weighted by molar-refractivity contribution is 9.10. The van der Waals surface area contributed by atoms with E-state index in [4.69, 9.17) is 4.74 Å². The highest BCUT2D eigenvalue weighted by atomic mass is 79.9. The van der Waals surface area contributed by atoms with Crippen molar-refractivity contribution in [3.8, 4) is 5.75 Å². The van der Waals surface area contributed by atoms with E-state index in [1.165, 1.54) is 6.07 Å². The van der Waals surface area contributed by atoms with Gasteiger partial charge in [-0.3, -0.25) is 0 Å². The Kier molecular flexibility index (Phi) is 4.98. The molecular weight excluding hydrogens is 325 g/mol. The predicted molar refractivity (Wildman–Crippen MR) is 80.5 cm³/mol. The zero-order chi connectivity index (χ0) is 14.5. The molecule has 0 spiro atoms. The van der Waals surface area contributed by atoms with Crippen molar-refractivity contribution in [1.29, 1.82) is 0 Å². The number of aliphatic hydroxyl groups excluding tert-OH is 1. The Morgan fingerprint density at radius 1 is 1.30 bits per heavy atom. The third-order valence-corrected chi connectivity index (χ3v) is 3.69. The lowest BCUT2D eigenvalue weighted by Crippen LogP contribution is -2.16. The molecule has 2 aromatic carbocycles. The van der Waals surface area contributed by atoms with Crippen LogP contribution in [0.15, 0.2) is 46.9 Å². The zero-order valence-corrected chi connectivity index (χ0v) is 12.5. The van der Waals surface area contributed by atoms with Crippen molar-refractivity contribution >= 4 is 21.6 Å². The van der Waals surface area contributed by atoms with Gasteiger partial charge >= 0.3 is 0 Å². The number of ether oxygens (including phenoxy) is 1. The van der Waals surface area contributed by atoms with Gasteiger partial charge in [0.25, 0.3) is 0 Å². The number of hydrogen-bond donors (Lipinski definition) is 2. The van der Waals surface area contributed by atoms with Crippen LogP contribution < -0.4 is 10.1 Å². The molecular formula is C15H15BrFNO2. The molecule has 3 nitrogen and oxygen atoms in total. The molecule has 0 amide bonds. The molecule has 0 aliphatic rings. The van der Waals surface area contributed by atoms with Gasteiger partial charge in [-0.15, -0.1) is 0 Å². The maximum atomic E-state index is 13.7. The molecule has 0 saturated heterocycles. The summed E-state index contributed by atoms with van der Waals surface area (Å²) in [5.74, 6) is 0.321. The summed E-state index contributed by atoms with van der Waals surface area (Å²) < 4.78 is 19.7. The van der Waals surface area contributed by atoms with Crippen LogP contribution in [0, 0.1) is 5.82 Å². The van der Waals surface area contributed by atoms with Crippen LogP contribution in [0.25, 0.3) is 0 Å². The van der Waals surface area contributed by atoms with Crippen molar-refractivity contribution in [3.05, 3.63) is 58.3 Å². The Morgan fingerprint density at radius 3 is 2.70 bits per heavy atom. The van der Waals surface area contributed by atoms with E-state index >= 15 is 0 Å². The highest BCUT2D eigenvalue weighted by Gasteiger charge is 2.16. The van der Waals surface area contributed by atoms with Gasteiger partial charge in [-0.05, 0) is 35.9 Å². The van der Waals surface area contributed by atoms with Crippen LogP contribution in [-0.2, 0) is 0 Å². The smallest absolute Gasteiger partial charge is 0.146 e. The molecule has 0 heterocycles. The minimum Gasteiger partial charge on any atom is -0.497 e. The number of nitrogens with one attached hydrogen (secondary N) is 1. The van der Waals surface area contributed by atoms with Crippen molar-refractivity contribution in [2.75, 3.05) is 19.0 Å². The van der Waals surface area contributed by atoms with Crippen molar-refractivity contribution < 1.29 is 14.2 Å². The van der Waals surface area contributed by atoms with Gasteiger partial charge in [0.05, 0.1) is 25.4 Å². The Bertz CT molecular complexity index is 592. The van der Waals surface area contributed by atoms with Gasteiger partial charge in [-0.25, -0.2) is 4.39 Å². The molecule has 2 aromatic rings. The molecule has 0 radical (unpaired) electrons. The maximum Gasteiger partial charge on any atom is 0.146 e. The summed E-state index contributed by atoms with van der Waals surface area (Å²) in [4.78, 5) is 0. The number of anilines is 1. The Balaban J connectivity index is 2.31. The lowest BCUT2D eigenvalue weighted by Gasteiger charge is -2.20. The highest BCUT2D eigenvalue weighted by Crippen LogP contribution is 2.30. The normalized spacial score (nSPS) is 12.0. The average molecular weight is 340 g/mol. The summed E-state index contributed by atoms with van der Waals surface area (Å²) in [6, 6.07) is 11.4. The molecule has 2 N–H and O–H groups in total. The van der Waals surface area contributed by atoms with Crippen molar-refractivity contribution in [2.24, 2.45) is 0 Å². The minimum absolute atomic E-state index is 0.167. The van der Waals surface area contributed by atoms with Crippen LogP contribution >= 0.6 is 15.9 Å². The van der Waals surface area contributed by atoms with Crippen molar-refractivity contribution in [3.63, 3.8) is 0 Å². The van der Waals surface area contributed by atoms with Crippen LogP contribution in [0.2, 0.25) is 0 Å². The molecule has 106 valence electrons. The van der Waals surface area contributed by atoms with Gasteiger partial charge in [0.15, 0.2) is 0 Å². The Hall–Kier alpha value is -1.59. The second kappa shape index (κ2) is 6.72. The molecule has 0 aliphatic carbocycles. The SMILES string of the molecule is COc1ccc(Br)c(C(CO)Nc2ccccc2F)c1. The Labute approximate surface area is 125 Å². The van der Waals surface area contributed by atoms with Crippen LogP contribution in [0.1, 0.15) is 11.6 Å². The lowest BCUT2D eigenvalue weighted by molar-refractivity contribution is 0.275. The van der Waals surface area contributed by atoms with E-state index in [0.29, 0.717) is 11.4 Å². The molecule has 5 heteroatoms. The first-order valence-electron chi connectivity index (χ1n) is 6.11. The average Bonchev–Trinajstić information content (AvgIpc) is 2.47. The first kappa shape index (κ1) is 14.8.